The number of benzene rings is 2. The molecule has 2 aromatic carbocycles. The highest BCUT2D eigenvalue weighted by molar-refractivity contribution is 9.10. The molecule has 0 aliphatic carbocycles. The predicted octanol–water partition coefficient (Wildman–Crippen LogP) is 4.71. The number of nitrogens with zero attached hydrogens (tertiary/aromatic N) is 3. The zero-order chi connectivity index (χ0) is 22.2. The molecule has 0 aliphatic rings. The van der Waals surface area contributed by atoms with Gasteiger partial charge in [-0.25, -0.2) is 10.4 Å². The third-order valence-electron chi connectivity index (χ3n) is 3.90. The van der Waals surface area contributed by atoms with E-state index in [1.807, 2.05) is 6.92 Å². The van der Waals surface area contributed by atoms with Crippen molar-refractivity contribution in [1.29, 1.82) is 0 Å². The van der Waals surface area contributed by atoms with Gasteiger partial charge in [-0.2, -0.15) is 5.10 Å². The molecule has 0 radical (unpaired) electrons. The normalized spacial score (nSPS) is 10.6. The Balaban J connectivity index is 1.70. The van der Waals surface area contributed by atoms with Gasteiger partial charge in [0.25, 0.3) is 11.6 Å². The minimum absolute atomic E-state index is 0.130. The standard InChI is InChI=1S/C21H17BrN4O5/c1-2-30-19-11-14(12-24-25-21(27)15-4-6-16(22)7-5-15)3-9-18(19)31-20-10-8-17(13-23-20)26(28)29/h3-13H,2H2,1H3,(H,25,27)/b24-12+. The minimum atomic E-state index is -0.536. The lowest BCUT2D eigenvalue weighted by Crippen LogP contribution is -2.17. The van der Waals surface area contributed by atoms with Gasteiger partial charge in [0.1, 0.15) is 6.20 Å². The average molecular weight is 485 g/mol. The summed E-state index contributed by atoms with van der Waals surface area (Å²) in [7, 11) is 0. The summed E-state index contributed by atoms with van der Waals surface area (Å²) >= 11 is 3.32. The lowest BCUT2D eigenvalue weighted by atomic mass is 10.2. The quantitative estimate of drug-likeness (QED) is 0.281. The number of ether oxygens (including phenoxy) is 2. The molecule has 0 saturated carbocycles. The molecular weight excluding hydrogens is 468 g/mol. The van der Waals surface area contributed by atoms with Gasteiger partial charge in [0.2, 0.25) is 5.88 Å². The van der Waals surface area contributed by atoms with Crippen LogP contribution in [0.4, 0.5) is 5.69 Å². The van der Waals surface area contributed by atoms with Crippen LogP contribution in [0.5, 0.6) is 17.4 Å². The summed E-state index contributed by atoms with van der Waals surface area (Å²) < 4.78 is 12.2. The molecule has 31 heavy (non-hydrogen) atoms. The van der Waals surface area contributed by atoms with E-state index < -0.39 is 4.92 Å². The molecule has 1 N–H and O–H groups in total. The highest BCUT2D eigenvalue weighted by atomic mass is 79.9. The first kappa shape index (κ1) is 21.9. The first-order valence-electron chi connectivity index (χ1n) is 9.10. The van der Waals surface area contributed by atoms with Crippen LogP contribution >= 0.6 is 15.9 Å². The number of carbonyl (C=O) groups is 1. The lowest BCUT2D eigenvalue weighted by Gasteiger charge is -2.11. The first-order valence-corrected chi connectivity index (χ1v) is 9.89. The molecule has 9 nitrogen and oxygen atoms in total. The maximum Gasteiger partial charge on any atom is 0.287 e. The zero-order valence-electron chi connectivity index (χ0n) is 16.3. The van der Waals surface area contributed by atoms with Crippen LogP contribution in [0.25, 0.3) is 0 Å². The Morgan fingerprint density at radius 2 is 1.97 bits per heavy atom. The number of aromatic nitrogens is 1. The third-order valence-corrected chi connectivity index (χ3v) is 4.43. The first-order chi connectivity index (χ1) is 15.0. The van der Waals surface area contributed by atoms with Crippen molar-refractivity contribution in [3.05, 3.63) is 86.5 Å². The van der Waals surface area contributed by atoms with Crippen molar-refractivity contribution in [2.24, 2.45) is 5.10 Å². The average Bonchev–Trinajstić information content (AvgIpc) is 2.76. The van der Waals surface area contributed by atoms with E-state index in [2.05, 4.69) is 31.4 Å². The van der Waals surface area contributed by atoms with Gasteiger partial charge in [-0.15, -0.1) is 0 Å². The monoisotopic (exact) mass is 484 g/mol. The van der Waals surface area contributed by atoms with Gasteiger partial charge >= 0.3 is 0 Å². The Kier molecular flexibility index (Phi) is 7.28. The van der Waals surface area contributed by atoms with Crippen LogP contribution in [0, 0.1) is 10.1 Å². The fourth-order valence-electron chi connectivity index (χ4n) is 2.44. The summed E-state index contributed by atoms with van der Waals surface area (Å²) in [5, 5.41) is 14.7. The van der Waals surface area contributed by atoms with E-state index in [0.717, 1.165) is 10.7 Å². The number of rotatable bonds is 8. The van der Waals surface area contributed by atoms with Gasteiger partial charge < -0.3 is 9.47 Å². The summed E-state index contributed by atoms with van der Waals surface area (Å²) in [6.45, 7) is 2.22. The van der Waals surface area contributed by atoms with Gasteiger partial charge in [-0.1, -0.05) is 15.9 Å². The fraction of sp³-hybridized carbons (Fsp3) is 0.0952. The summed E-state index contributed by atoms with van der Waals surface area (Å²) in [6.07, 6.45) is 2.60. The molecule has 10 heteroatoms. The smallest absolute Gasteiger partial charge is 0.287 e. The summed E-state index contributed by atoms with van der Waals surface area (Å²) in [5.41, 5.74) is 3.49. The number of amides is 1. The van der Waals surface area contributed by atoms with E-state index in [-0.39, 0.29) is 17.5 Å². The van der Waals surface area contributed by atoms with Gasteiger partial charge in [0, 0.05) is 22.2 Å². The molecule has 1 heterocycles. The fourth-order valence-corrected chi connectivity index (χ4v) is 2.71. The Hall–Kier alpha value is -3.79. The highest BCUT2D eigenvalue weighted by Gasteiger charge is 2.11. The van der Waals surface area contributed by atoms with Gasteiger partial charge in [0.15, 0.2) is 11.5 Å². The summed E-state index contributed by atoms with van der Waals surface area (Å²) in [5.74, 6) is 0.679. The molecule has 0 fully saturated rings. The van der Waals surface area contributed by atoms with Crippen LogP contribution in [0.2, 0.25) is 0 Å². The second kappa shape index (κ2) is 10.3. The largest absolute Gasteiger partial charge is 0.490 e. The van der Waals surface area contributed by atoms with Crippen molar-refractivity contribution < 1.29 is 19.2 Å². The number of hydrogen-bond donors (Lipinski definition) is 1. The summed E-state index contributed by atoms with van der Waals surface area (Å²) in [6, 6.07) is 14.7. The SMILES string of the molecule is CCOc1cc(/C=N/NC(=O)c2ccc(Br)cc2)ccc1Oc1ccc([N+](=O)[O-])cn1. The van der Waals surface area contributed by atoms with Crippen LogP contribution in [-0.2, 0) is 0 Å². The second-order valence-electron chi connectivity index (χ2n) is 6.06. The number of hydrogen-bond acceptors (Lipinski definition) is 7. The number of hydrazone groups is 1. The maximum atomic E-state index is 12.1. The second-order valence-corrected chi connectivity index (χ2v) is 6.97. The highest BCUT2D eigenvalue weighted by Crippen LogP contribution is 2.32. The molecule has 0 unspecified atom stereocenters. The van der Waals surface area contributed by atoms with Crippen LogP contribution in [0.1, 0.15) is 22.8 Å². The molecule has 0 saturated heterocycles. The van der Waals surface area contributed by atoms with Gasteiger partial charge in [-0.05, 0) is 55.0 Å². The molecule has 1 aromatic heterocycles. The number of halogens is 1. The predicted molar refractivity (Wildman–Crippen MR) is 118 cm³/mol. The maximum absolute atomic E-state index is 12.1. The number of nitro groups is 1. The van der Waals surface area contributed by atoms with Crippen LogP contribution in [0.3, 0.4) is 0 Å². The van der Waals surface area contributed by atoms with Crippen molar-refractivity contribution in [2.45, 2.75) is 6.92 Å². The minimum Gasteiger partial charge on any atom is -0.490 e. The van der Waals surface area contributed by atoms with E-state index in [1.165, 1.54) is 18.3 Å². The molecule has 0 spiro atoms. The molecule has 3 aromatic rings. The van der Waals surface area contributed by atoms with Gasteiger partial charge in [0.05, 0.1) is 17.7 Å². The van der Waals surface area contributed by atoms with Crippen molar-refractivity contribution >= 4 is 33.7 Å². The van der Waals surface area contributed by atoms with Crippen molar-refractivity contribution in [3.63, 3.8) is 0 Å². The van der Waals surface area contributed by atoms with E-state index in [4.69, 9.17) is 9.47 Å². The van der Waals surface area contributed by atoms with Crippen molar-refractivity contribution in [2.75, 3.05) is 6.61 Å². The van der Waals surface area contributed by atoms with E-state index >= 15 is 0 Å². The molecular formula is C21H17BrN4O5. The Morgan fingerprint density at radius 3 is 2.61 bits per heavy atom. The molecule has 1 amide bonds. The third kappa shape index (κ3) is 6.09. The number of nitrogens with one attached hydrogen (secondary N) is 1. The summed E-state index contributed by atoms with van der Waals surface area (Å²) in [4.78, 5) is 26.2. The molecule has 0 bridgehead atoms. The number of pyridine rings is 1. The topological polar surface area (TPSA) is 116 Å². The molecule has 0 atom stereocenters. The van der Waals surface area contributed by atoms with Crippen molar-refractivity contribution in [3.8, 4) is 17.4 Å². The van der Waals surface area contributed by atoms with E-state index in [1.54, 1.807) is 42.5 Å². The van der Waals surface area contributed by atoms with E-state index in [0.29, 0.717) is 29.2 Å². The Labute approximate surface area is 186 Å². The molecule has 158 valence electrons. The lowest BCUT2D eigenvalue weighted by molar-refractivity contribution is -0.385. The van der Waals surface area contributed by atoms with Gasteiger partial charge in [-0.3, -0.25) is 14.9 Å². The Morgan fingerprint density at radius 1 is 1.19 bits per heavy atom. The van der Waals surface area contributed by atoms with Crippen LogP contribution < -0.4 is 14.9 Å². The molecule has 3 rings (SSSR count). The van der Waals surface area contributed by atoms with Crippen molar-refractivity contribution in [1.82, 2.24) is 10.4 Å². The Bertz CT molecular complexity index is 1100. The number of carbonyl (C=O) groups excluding carboxylic acids is 1. The van der Waals surface area contributed by atoms with Crippen LogP contribution in [0.15, 0.2) is 70.4 Å². The molecule has 0 aliphatic heterocycles. The van der Waals surface area contributed by atoms with Crippen LogP contribution in [-0.4, -0.2) is 28.6 Å². The van der Waals surface area contributed by atoms with E-state index in [9.17, 15) is 14.9 Å². The zero-order valence-corrected chi connectivity index (χ0v) is 17.9.